The number of nitrogens with two attached hydrogens (primary N) is 1. The van der Waals surface area contributed by atoms with Crippen LogP contribution in [0.4, 0.5) is 10.1 Å². The molecule has 164 valence electrons. The van der Waals surface area contributed by atoms with Crippen LogP contribution in [0.25, 0.3) is 0 Å². The molecule has 0 unspecified atom stereocenters. The molecule has 2 amide bonds. The number of halogens is 1. The van der Waals surface area contributed by atoms with Gasteiger partial charge in [0.2, 0.25) is 5.91 Å². The second-order valence-corrected chi connectivity index (χ2v) is 7.11. The zero-order chi connectivity index (χ0) is 22.5. The number of primary amides is 1. The molecule has 8 nitrogen and oxygen atoms in total. The maximum absolute atomic E-state index is 14.2. The molecule has 3 rings (SSSR count). The van der Waals surface area contributed by atoms with Crippen LogP contribution in [0.1, 0.15) is 34.3 Å². The van der Waals surface area contributed by atoms with E-state index in [9.17, 15) is 18.8 Å². The number of rotatable bonds is 9. The number of carbonyl (C=O) groups excluding carboxylic acids is 3. The van der Waals surface area contributed by atoms with Gasteiger partial charge in [0, 0.05) is 48.0 Å². The van der Waals surface area contributed by atoms with E-state index in [1.54, 1.807) is 30.3 Å². The van der Waals surface area contributed by atoms with Crippen molar-refractivity contribution in [2.45, 2.75) is 32.0 Å². The molecule has 2 aromatic rings. The Morgan fingerprint density at radius 2 is 2.03 bits per heavy atom. The summed E-state index contributed by atoms with van der Waals surface area (Å²) in [6.45, 7) is 0.347. The third kappa shape index (κ3) is 4.76. The second-order valence-electron chi connectivity index (χ2n) is 7.11. The minimum atomic E-state index is -0.939. The molecule has 1 heterocycles. The van der Waals surface area contributed by atoms with E-state index in [0.717, 1.165) is 0 Å². The van der Waals surface area contributed by atoms with Gasteiger partial charge in [-0.25, -0.2) is 4.39 Å². The van der Waals surface area contributed by atoms with E-state index in [4.69, 9.17) is 10.5 Å². The van der Waals surface area contributed by atoms with Crippen LogP contribution >= 0.6 is 0 Å². The number of ether oxygens (including phenoxy) is 2. The lowest BCUT2D eigenvalue weighted by Gasteiger charge is -2.24. The number of esters is 1. The summed E-state index contributed by atoms with van der Waals surface area (Å²) in [6.07, 6.45) is 0.0354. The fourth-order valence-electron chi connectivity index (χ4n) is 3.57. The average Bonchev–Trinajstić information content (AvgIpc) is 3.09. The summed E-state index contributed by atoms with van der Waals surface area (Å²) >= 11 is 0. The molecule has 1 aliphatic heterocycles. The predicted molar refractivity (Wildman–Crippen MR) is 111 cm³/mol. The molecule has 31 heavy (non-hydrogen) atoms. The zero-order valence-corrected chi connectivity index (χ0v) is 17.3. The lowest BCUT2D eigenvalue weighted by molar-refractivity contribution is -0.141. The highest BCUT2D eigenvalue weighted by atomic mass is 19.1. The number of amides is 2. The minimum Gasteiger partial charge on any atom is -0.497 e. The molecule has 3 N–H and O–H groups in total. The highest BCUT2D eigenvalue weighted by Gasteiger charge is 2.36. The number of carbonyl (C=O) groups is 3. The maximum Gasteiger partial charge on any atom is 0.305 e. The Hall–Kier alpha value is -3.62. The van der Waals surface area contributed by atoms with Crippen molar-refractivity contribution < 1.29 is 28.2 Å². The summed E-state index contributed by atoms with van der Waals surface area (Å²) in [6, 6.07) is 8.81. The first-order valence-electron chi connectivity index (χ1n) is 9.71. The fourth-order valence-corrected chi connectivity index (χ4v) is 3.57. The van der Waals surface area contributed by atoms with Crippen LogP contribution in [0.5, 0.6) is 5.75 Å². The average molecular weight is 429 g/mol. The number of hydrogen-bond acceptors (Lipinski definition) is 6. The summed E-state index contributed by atoms with van der Waals surface area (Å²) in [4.78, 5) is 37.7. The van der Waals surface area contributed by atoms with Crippen LogP contribution in [0.3, 0.4) is 0 Å². The van der Waals surface area contributed by atoms with E-state index in [2.05, 4.69) is 10.1 Å². The van der Waals surface area contributed by atoms with Crippen LogP contribution in [0, 0.1) is 5.82 Å². The largest absolute Gasteiger partial charge is 0.497 e. The quantitative estimate of drug-likeness (QED) is 0.592. The summed E-state index contributed by atoms with van der Waals surface area (Å²) in [5.41, 5.74) is 7.71. The molecule has 1 aliphatic rings. The van der Waals surface area contributed by atoms with Gasteiger partial charge in [0.25, 0.3) is 5.91 Å². The summed E-state index contributed by atoms with van der Waals surface area (Å²) in [5, 5.41) is 3.16. The van der Waals surface area contributed by atoms with Gasteiger partial charge in [-0.2, -0.15) is 0 Å². The van der Waals surface area contributed by atoms with Crippen molar-refractivity contribution in [2.24, 2.45) is 5.73 Å². The normalized spacial score (nSPS) is 13.5. The van der Waals surface area contributed by atoms with Gasteiger partial charge in [0.05, 0.1) is 14.2 Å². The Morgan fingerprint density at radius 1 is 1.26 bits per heavy atom. The summed E-state index contributed by atoms with van der Waals surface area (Å²) < 4.78 is 23.9. The van der Waals surface area contributed by atoms with Crippen molar-refractivity contribution >= 4 is 23.5 Å². The lowest BCUT2D eigenvalue weighted by Crippen LogP contribution is -2.45. The zero-order valence-electron chi connectivity index (χ0n) is 17.3. The predicted octanol–water partition coefficient (Wildman–Crippen LogP) is 2.21. The Kier molecular flexibility index (Phi) is 6.74. The number of methoxy groups -OCH3 is 2. The van der Waals surface area contributed by atoms with Gasteiger partial charge >= 0.3 is 5.97 Å². The molecular weight excluding hydrogens is 405 g/mol. The molecular formula is C22H24FN3O5. The molecule has 0 radical (unpaired) electrons. The van der Waals surface area contributed by atoms with Crippen LogP contribution in [-0.2, 0) is 27.4 Å². The molecule has 0 aromatic heterocycles. The molecule has 0 fully saturated rings. The number of hydrogen-bond donors (Lipinski definition) is 2. The van der Waals surface area contributed by atoms with Crippen LogP contribution < -0.4 is 15.8 Å². The van der Waals surface area contributed by atoms with E-state index in [0.29, 0.717) is 28.1 Å². The van der Waals surface area contributed by atoms with Crippen molar-refractivity contribution in [2.75, 3.05) is 19.5 Å². The third-order valence-corrected chi connectivity index (χ3v) is 5.28. The van der Waals surface area contributed by atoms with Gasteiger partial charge < -0.3 is 25.4 Å². The number of nitrogens with zero attached hydrogens (tertiary/aromatic N) is 1. The Morgan fingerprint density at radius 3 is 2.68 bits per heavy atom. The molecule has 0 aliphatic carbocycles. The molecule has 1 atom stereocenters. The van der Waals surface area contributed by atoms with Crippen molar-refractivity contribution in [1.82, 2.24) is 4.90 Å². The Bertz CT molecular complexity index is 1010. The number of benzene rings is 2. The maximum atomic E-state index is 14.2. The van der Waals surface area contributed by atoms with Gasteiger partial charge in [-0.05, 0) is 24.6 Å². The van der Waals surface area contributed by atoms with E-state index < -0.39 is 23.7 Å². The minimum absolute atomic E-state index is 0.0356. The second kappa shape index (κ2) is 9.46. The van der Waals surface area contributed by atoms with Crippen molar-refractivity contribution in [1.29, 1.82) is 0 Å². The Labute approximate surface area is 179 Å². The van der Waals surface area contributed by atoms with Crippen LogP contribution in [0.15, 0.2) is 36.4 Å². The van der Waals surface area contributed by atoms with Gasteiger partial charge in [0.15, 0.2) is 0 Å². The van der Waals surface area contributed by atoms with Crippen molar-refractivity contribution in [3.63, 3.8) is 0 Å². The summed E-state index contributed by atoms with van der Waals surface area (Å²) in [7, 11) is 2.72. The fraction of sp³-hybridized carbons (Fsp3) is 0.318. The topological polar surface area (TPSA) is 111 Å². The molecule has 0 saturated carbocycles. The Balaban J connectivity index is 1.77. The molecule has 0 saturated heterocycles. The highest BCUT2D eigenvalue weighted by Crippen LogP contribution is 2.32. The van der Waals surface area contributed by atoms with Gasteiger partial charge in [0.1, 0.15) is 17.6 Å². The number of anilines is 1. The first-order chi connectivity index (χ1) is 14.8. The smallest absolute Gasteiger partial charge is 0.305 e. The molecule has 0 spiro atoms. The van der Waals surface area contributed by atoms with Crippen molar-refractivity contribution in [3.05, 3.63) is 58.9 Å². The first kappa shape index (κ1) is 22.1. The monoisotopic (exact) mass is 429 g/mol. The standard InChI is InChI=1S/C22H24FN3O5/c1-30-14-7-6-13(17(23)10-14)11-25-18-5-3-4-15-16(18)12-26(22(15)29)19(21(24)28)8-9-20(27)31-2/h3-7,10,19,25H,8-9,11-12H2,1-2H3,(H2,24,28)/t19-/m0/s1. The lowest BCUT2D eigenvalue weighted by atomic mass is 10.1. The SMILES string of the molecule is COC(=O)CC[C@@H](C(N)=O)N1Cc2c(NCc3ccc(OC)cc3F)cccc2C1=O. The van der Waals surface area contributed by atoms with Crippen LogP contribution in [0.2, 0.25) is 0 Å². The first-order valence-corrected chi connectivity index (χ1v) is 9.71. The molecule has 0 bridgehead atoms. The highest BCUT2D eigenvalue weighted by molar-refractivity contribution is 6.02. The van der Waals surface area contributed by atoms with E-state index in [1.807, 2.05) is 0 Å². The van der Waals surface area contributed by atoms with Crippen molar-refractivity contribution in [3.8, 4) is 5.75 Å². The van der Waals surface area contributed by atoms with E-state index >= 15 is 0 Å². The molecule has 9 heteroatoms. The van der Waals surface area contributed by atoms with E-state index in [-0.39, 0.29) is 31.8 Å². The van der Waals surface area contributed by atoms with Gasteiger partial charge in [-0.1, -0.05) is 12.1 Å². The summed E-state index contributed by atoms with van der Waals surface area (Å²) in [5.74, 6) is -1.51. The third-order valence-electron chi connectivity index (χ3n) is 5.28. The van der Waals surface area contributed by atoms with Gasteiger partial charge in [-0.3, -0.25) is 14.4 Å². The number of nitrogens with one attached hydrogen (secondary N) is 1. The molecule has 2 aromatic carbocycles. The van der Waals surface area contributed by atoms with Crippen LogP contribution in [-0.4, -0.2) is 42.9 Å². The van der Waals surface area contributed by atoms with E-state index in [1.165, 1.54) is 25.2 Å². The van der Waals surface area contributed by atoms with Gasteiger partial charge in [-0.15, -0.1) is 0 Å². The number of fused-ring (bicyclic) bond motifs is 1.